The van der Waals surface area contributed by atoms with Gasteiger partial charge in [-0.15, -0.1) is 11.3 Å². The molecule has 0 spiro atoms. The van der Waals surface area contributed by atoms with Gasteiger partial charge in [-0.05, 0) is 30.9 Å². The number of aliphatic hydroxyl groups is 1. The normalized spacial score (nSPS) is 30.5. The van der Waals surface area contributed by atoms with Gasteiger partial charge in [-0.3, -0.25) is 15.1 Å². The van der Waals surface area contributed by atoms with Gasteiger partial charge < -0.3 is 5.11 Å². The molecule has 5 nitrogen and oxygen atoms in total. The second-order valence-electron chi connectivity index (χ2n) is 5.50. The zero-order chi connectivity index (χ0) is 13.4. The zero-order valence-electron chi connectivity index (χ0n) is 10.7. The molecular formula is C13H19N3O2S. The van der Waals surface area contributed by atoms with E-state index < -0.39 is 0 Å². The minimum absolute atomic E-state index is 0.114. The van der Waals surface area contributed by atoms with Crippen molar-refractivity contribution in [1.82, 2.24) is 10.3 Å². The van der Waals surface area contributed by atoms with Gasteiger partial charge in [0.05, 0.1) is 11.0 Å². The Morgan fingerprint density at radius 2 is 2.32 bits per heavy atom. The summed E-state index contributed by atoms with van der Waals surface area (Å²) < 4.78 is 0. The summed E-state index contributed by atoms with van der Waals surface area (Å²) >= 11 is 1.49. The number of hydrogen-bond donors (Lipinski definition) is 3. The number of nitrogens with two attached hydrogens (primary N) is 1. The van der Waals surface area contributed by atoms with Crippen molar-refractivity contribution < 1.29 is 9.90 Å². The van der Waals surface area contributed by atoms with Crippen molar-refractivity contribution in [2.45, 2.75) is 25.5 Å². The first-order valence-electron chi connectivity index (χ1n) is 6.67. The number of nitrogens with zero attached hydrogens (tertiary/aromatic N) is 1. The molecule has 104 valence electrons. The monoisotopic (exact) mass is 281 g/mol. The number of hydrogen-bond acceptors (Lipinski definition) is 5. The third-order valence-electron chi connectivity index (χ3n) is 4.29. The summed E-state index contributed by atoms with van der Waals surface area (Å²) in [4.78, 5) is 15.6. The fraction of sp³-hybridized carbons (Fsp3) is 0.615. The highest BCUT2D eigenvalue weighted by molar-refractivity contribution is 7.14. The summed E-state index contributed by atoms with van der Waals surface area (Å²) in [6.07, 6.45) is 1.99. The van der Waals surface area contributed by atoms with Crippen LogP contribution in [0.5, 0.6) is 0 Å². The fourth-order valence-electron chi connectivity index (χ4n) is 3.33. The van der Waals surface area contributed by atoms with Crippen LogP contribution in [0.1, 0.15) is 27.4 Å². The van der Waals surface area contributed by atoms with Crippen molar-refractivity contribution in [3.63, 3.8) is 0 Å². The van der Waals surface area contributed by atoms with Crippen LogP contribution in [0, 0.1) is 11.8 Å². The van der Waals surface area contributed by atoms with Gasteiger partial charge in [0.15, 0.2) is 0 Å². The van der Waals surface area contributed by atoms with Gasteiger partial charge in [-0.1, -0.05) is 0 Å². The largest absolute Gasteiger partial charge is 0.393 e. The van der Waals surface area contributed by atoms with E-state index >= 15 is 0 Å². The number of aliphatic hydroxyl groups excluding tert-OH is 1. The number of likely N-dealkylation sites (tertiary alicyclic amines) is 1. The van der Waals surface area contributed by atoms with Crippen LogP contribution in [-0.2, 0) is 6.54 Å². The molecule has 1 saturated heterocycles. The van der Waals surface area contributed by atoms with Crippen LogP contribution in [0.4, 0.5) is 0 Å². The summed E-state index contributed by atoms with van der Waals surface area (Å²) in [5.74, 6) is 6.00. The minimum atomic E-state index is -0.232. The van der Waals surface area contributed by atoms with Gasteiger partial charge in [0.1, 0.15) is 0 Å². The fourth-order valence-corrected chi connectivity index (χ4v) is 4.29. The number of amides is 1. The average molecular weight is 281 g/mol. The average Bonchev–Trinajstić information content (AvgIpc) is 3.08. The van der Waals surface area contributed by atoms with Gasteiger partial charge in [0.25, 0.3) is 5.91 Å². The molecule has 2 heterocycles. The second kappa shape index (κ2) is 5.20. The van der Waals surface area contributed by atoms with Crippen molar-refractivity contribution in [2.24, 2.45) is 17.7 Å². The summed E-state index contributed by atoms with van der Waals surface area (Å²) in [7, 11) is 0. The third kappa shape index (κ3) is 2.53. The smallest absolute Gasteiger partial charge is 0.275 e. The van der Waals surface area contributed by atoms with E-state index in [2.05, 4.69) is 10.3 Å². The summed E-state index contributed by atoms with van der Waals surface area (Å²) in [5.41, 5.74) is 2.15. The quantitative estimate of drug-likeness (QED) is 0.429. The molecule has 0 bridgehead atoms. The highest BCUT2D eigenvalue weighted by atomic mass is 32.1. The molecule has 2 fully saturated rings. The molecule has 1 amide bonds. The summed E-state index contributed by atoms with van der Waals surface area (Å²) in [6.45, 7) is 2.91. The number of carbonyl (C=O) groups is 1. The van der Waals surface area contributed by atoms with E-state index in [1.807, 2.05) is 12.1 Å². The number of carbonyl (C=O) groups excluding carboxylic acids is 1. The molecule has 3 unspecified atom stereocenters. The Morgan fingerprint density at radius 3 is 3.05 bits per heavy atom. The van der Waals surface area contributed by atoms with Crippen molar-refractivity contribution in [3.05, 3.63) is 21.9 Å². The van der Waals surface area contributed by atoms with Crippen LogP contribution < -0.4 is 11.3 Å². The Morgan fingerprint density at radius 1 is 1.47 bits per heavy atom. The van der Waals surface area contributed by atoms with Crippen LogP contribution in [0.3, 0.4) is 0 Å². The van der Waals surface area contributed by atoms with Gasteiger partial charge in [0, 0.05) is 30.4 Å². The van der Waals surface area contributed by atoms with Crippen molar-refractivity contribution in [3.8, 4) is 0 Å². The molecule has 4 N–H and O–H groups in total. The minimum Gasteiger partial charge on any atom is -0.393 e. The van der Waals surface area contributed by atoms with Crippen LogP contribution in [0.25, 0.3) is 0 Å². The predicted molar refractivity (Wildman–Crippen MR) is 73.5 cm³/mol. The standard InChI is InChI=1S/C13H19N3O2S/c14-15-13(18)12-4-2-9(19-12)6-16-5-8-1-3-11(17)10(8)7-16/h2,4,8,10-11,17H,1,3,5-7,14H2,(H,15,18). The van der Waals surface area contributed by atoms with E-state index in [1.54, 1.807) is 0 Å². The van der Waals surface area contributed by atoms with Crippen LogP contribution in [0.2, 0.25) is 0 Å². The highest BCUT2D eigenvalue weighted by Crippen LogP contribution is 2.38. The first-order chi connectivity index (χ1) is 9.17. The maximum atomic E-state index is 11.4. The van der Waals surface area contributed by atoms with E-state index in [9.17, 15) is 9.90 Å². The Hall–Kier alpha value is -0.950. The lowest BCUT2D eigenvalue weighted by atomic mass is 10.00. The van der Waals surface area contributed by atoms with E-state index in [0.717, 1.165) is 32.5 Å². The molecule has 1 saturated carbocycles. The Bertz CT molecular complexity index is 476. The van der Waals surface area contributed by atoms with Gasteiger partial charge in [-0.25, -0.2) is 5.84 Å². The summed E-state index contributed by atoms with van der Waals surface area (Å²) in [5, 5.41) is 9.90. The van der Waals surface area contributed by atoms with E-state index in [4.69, 9.17) is 5.84 Å². The molecule has 6 heteroatoms. The molecule has 2 aliphatic rings. The van der Waals surface area contributed by atoms with E-state index in [1.165, 1.54) is 16.2 Å². The van der Waals surface area contributed by atoms with Crippen molar-refractivity contribution in [2.75, 3.05) is 13.1 Å². The number of fused-ring (bicyclic) bond motifs is 1. The molecular weight excluding hydrogens is 262 g/mol. The molecule has 19 heavy (non-hydrogen) atoms. The van der Waals surface area contributed by atoms with Crippen LogP contribution in [-0.4, -0.2) is 35.1 Å². The molecule has 1 aliphatic heterocycles. The van der Waals surface area contributed by atoms with Crippen molar-refractivity contribution in [1.29, 1.82) is 0 Å². The lowest BCUT2D eigenvalue weighted by Crippen LogP contribution is -2.29. The van der Waals surface area contributed by atoms with Crippen LogP contribution in [0.15, 0.2) is 12.1 Å². The molecule has 1 aromatic heterocycles. The van der Waals surface area contributed by atoms with E-state index in [-0.39, 0.29) is 12.0 Å². The Balaban J connectivity index is 1.61. The number of nitrogen functional groups attached to an aromatic ring is 1. The highest BCUT2D eigenvalue weighted by Gasteiger charge is 2.41. The maximum Gasteiger partial charge on any atom is 0.275 e. The second-order valence-corrected chi connectivity index (χ2v) is 6.67. The SMILES string of the molecule is NNC(=O)c1ccc(CN2CC3CCC(O)C3C2)s1. The third-order valence-corrected chi connectivity index (χ3v) is 5.36. The molecule has 0 aromatic carbocycles. The number of rotatable bonds is 3. The molecule has 3 rings (SSSR count). The molecule has 0 radical (unpaired) electrons. The lowest BCUT2D eigenvalue weighted by molar-refractivity contribution is 0.0957. The predicted octanol–water partition coefficient (Wildman–Crippen LogP) is 0.554. The Kier molecular flexibility index (Phi) is 3.58. The molecule has 3 atom stereocenters. The topological polar surface area (TPSA) is 78.6 Å². The maximum absolute atomic E-state index is 11.4. The first-order valence-corrected chi connectivity index (χ1v) is 7.49. The van der Waals surface area contributed by atoms with Gasteiger partial charge in [-0.2, -0.15) is 0 Å². The number of thiophene rings is 1. The van der Waals surface area contributed by atoms with Gasteiger partial charge in [0.2, 0.25) is 0 Å². The zero-order valence-corrected chi connectivity index (χ0v) is 11.5. The number of hydrazine groups is 1. The lowest BCUT2D eigenvalue weighted by Gasteiger charge is -2.16. The first kappa shape index (κ1) is 13.1. The van der Waals surface area contributed by atoms with E-state index in [0.29, 0.717) is 16.7 Å². The van der Waals surface area contributed by atoms with Gasteiger partial charge >= 0.3 is 0 Å². The number of nitrogens with one attached hydrogen (secondary N) is 1. The molecule has 1 aromatic rings. The molecule has 1 aliphatic carbocycles. The summed E-state index contributed by atoms with van der Waals surface area (Å²) in [6, 6.07) is 3.80. The van der Waals surface area contributed by atoms with Crippen molar-refractivity contribution >= 4 is 17.2 Å². The Labute approximate surface area is 116 Å². The van der Waals surface area contributed by atoms with Crippen LogP contribution >= 0.6 is 11.3 Å².